The van der Waals surface area contributed by atoms with Crippen LogP contribution < -0.4 is 10.1 Å². The summed E-state index contributed by atoms with van der Waals surface area (Å²) in [5.74, 6) is 0.767. The number of pyridine rings is 1. The lowest BCUT2D eigenvalue weighted by atomic mass is 10.0. The maximum absolute atomic E-state index is 12.3. The topological polar surface area (TPSA) is 104 Å². The first-order valence-electron chi connectivity index (χ1n) is 10.3. The normalized spacial score (nSPS) is 22.0. The summed E-state index contributed by atoms with van der Waals surface area (Å²) in [6.45, 7) is 3.06. The van der Waals surface area contributed by atoms with Crippen molar-refractivity contribution in [3.8, 4) is 22.9 Å². The van der Waals surface area contributed by atoms with E-state index in [4.69, 9.17) is 9.47 Å². The summed E-state index contributed by atoms with van der Waals surface area (Å²) in [6.07, 6.45) is 3.54. The van der Waals surface area contributed by atoms with Crippen LogP contribution in [0, 0.1) is 23.2 Å². The van der Waals surface area contributed by atoms with E-state index in [9.17, 15) is 15.2 Å². The van der Waals surface area contributed by atoms with Crippen LogP contribution in [0.3, 0.4) is 0 Å². The monoisotopic (exact) mass is 407 g/mol. The van der Waals surface area contributed by atoms with Gasteiger partial charge in [-0.25, -0.2) is 4.98 Å². The van der Waals surface area contributed by atoms with Gasteiger partial charge in [0.05, 0.1) is 24.9 Å². The highest BCUT2D eigenvalue weighted by atomic mass is 16.5. The zero-order valence-corrected chi connectivity index (χ0v) is 16.9. The van der Waals surface area contributed by atoms with Gasteiger partial charge in [-0.3, -0.25) is 4.79 Å². The first-order chi connectivity index (χ1) is 14.5. The number of benzene rings is 1. The molecule has 2 heterocycles. The Labute approximate surface area is 175 Å². The van der Waals surface area contributed by atoms with E-state index in [1.54, 1.807) is 25.3 Å². The Morgan fingerprint density at radius 3 is 2.77 bits per heavy atom. The third-order valence-corrected chi connectivity index (χ3v) is 5.70. The lowest BCUT2D eigenvalue weighted by molar-refractivity contribution is -0.118. The molecule has 2 fully saturated rings. The predicted octanol–water partition coefficient (Wildman–Crippen LogP) is 3.13. The number of hydrogen-bond acceptors (Lipinski definition) is 6. The lowest BCUT2D eigenvalue weighted by Crippen LogP contribution is -2.26. The molecule has 7 nitrogen and oxygen atoms in total. The van der Waals surface area contributed by atoms with Gasteiger partial charge < -0.3 is 19.9 Å². The van der Waals surface area contributed by atoms with E-state index in [0.29, 0.717) is 36.8 Å². The summed E-state index contributed by atoms with van der Waals surface area (Å²) >= 11 is 0. The number of ether oxygens (including phenoxy) is 2. The molecule has 2 N–H and O–H groups in total. The summed E-state index contributed by atoms with van der Waals surface area (Å²) < 4.78 is 11.4. The molecule has 4 rings (SSSR count). The summed E-state index contributed by atoms with van der Waals surface area (Å²) in [7, 11) is 0. The number of aliphatic hydroxyl groups excluding tert-OH is 1. The van der Waals surface area contributed by atoms with Crippen LogP contribution in [-0.2, 0) is 9.53 Å². The Morgan fingerprint density at radius 1 is 1.30 bits per heavy atom. The maximum atomic E-state index is 12.3. The number of aromatic nitrogens is 1. The summed E-state index contributed by atoms with van der Waals surface area (Å²) in [4.78, 5) is 16.6. The third-order valence-electron chi connectivity index (χ3n) is 5.70. The number of carbonyl (C=O) groups is 1. The largest absolute Gasteiger partial charge is 0.489 e. The van der Waals surface area contributed by atoms with E-state index >= 15 is 0 Å². The molecule has 0 bridgehead atoms. The number of nitrogens with one attached hydrogen (secondary N) is 1. The van der Waals surface area contributed by atoms with Crippen LogP contribution in [0.1, 0.15) is 31.7 Å². The van der Waals surface area contributed by atoms with Gasteiger partial charge in [-0.2, -0.15) is 5.26 Å². The zero-order valence-electron chi connectivity index (χ0n) is 16.9. The van der Waals surface area contributed by atoms with Crippen LogP contribution in [-0.4, -0.2) is 41.4 Å². The molecule has 3 atom stereocenters. The standard InChI is InChI=1S/C23H25N3O4/c1-14(27)19-12-20(19)23(28)26-22-11-16(4-7-25-22)15-2-3-21(17(10-15)13-24)30-18-5-8-29-9-6-18/h2-4,7,10-11,14,18-20,27H,5-6,8-9,12H2,1H3,(H,25,26,28)/t14?,19-,20+/m0/s1. The van der Waals surface area contributed by atoms with Crippen molar-refractivity contribution in [2.75, 3.05) is 18.5 Å². The van der Waals surface area contributed by atoms with Gasteiger partial charge in [-0.05, 0) is 54.7 Å². The van der Waals surface area contributed by atoms with E-state index in [2.05, 4.69) is 16.4 Å². The Balaban J connectivity index is 1.48. The van der Waals surface area contributed by atoms with Gasteiger partial charge in [0.2, 0.25) is 5.91 Å². The van der Waals surface area contributed by atoms with Gasteiger partial charge in [-0.15, -0.1) is 0 Å². The van der Waals surface area contributed by atoms with Crippen molar-refractivity contribution in [3.63, 3.8) is 0 Å². The number of hydrogen-bond donors (Lipinski definition) is 2. The molecular weight excluding hydrogens is 382 g/mol. The first-order valence-corrected chi connectivity index (χ1v) is 10.3. The predicted molar refractivity (Wildman–Crippen MR) is 111 cm³/mol. The molecule has 0 radical (unpaired) electrons. The van der Waals surface area contributed by atoms with Crippen molar-refractivity contribution < 1.29 is 19.4 Å². The molecule has 0 spiro atoms. The van der Waals surface area contributed by atoms with Crippen LogP contribution in [0.4, 0.5) is 5.82 Å². The van der Waals surface area contributed by atoms with E-state index < -0.39 is 6.10 Å². The number of nitriles is 1. The van der Waals surface area contributed by atoms with Crippen molar-refractivity contribution >= 4 is 11.7 Å². The summed E-state index contributed by atoms with van der Waals surface area (Å²) in [6, 6.07) is 11.3. The number of amides is 1. The third kappa shape index (κ3) is 4.61. The average Bonchev–Trinajstić information content (AvgIpc) is 3.56. The van der Waals surface area contributed by atoms with Gasteiger partial charge in [0.25, 0.3) is 0 Å². The van der Waals surface area contributed by atoms with Crippen molar-refractivity contribution in [3.05, 3.63) is 42.1 Å². The number of nitrogens with zero attached hydrogens (tertiary/aromatic N) is 2. The smallest absolute Gasteiger partial charge is 0.229 e. The van der Waals surface area contributed by atoms with Crippen LogP contribution in [0.5, 0.6) is 5.75 Å². The number of carbonyl (C=O) groups excluding carboxylic acids is 1. The molecule has 1 aliphatic heterocycles. The van der Waals surface area contributed by atoms with Crippen molar-refractivity contribution in [1.82, 2.24) is 4.98 Å². The lowest BCUT2D eigenvalue weighted by Gasteiger charge is -2.23. The molecule has 1 aromatic carbocycles. The fourth-order valence-corrected chi connectivity index (χ4v) is 3.82. The average molecular weight is 407 g/mol. The molecule has 1 amide bonds. The maximum Gasteiger partial charge on any atom is 0.229 e. The quantitative estimate of drug-likeness (QED) is 0.762. The number of rotatable bonds is 6. The molecule has 156 valence electrons. The molecule has 1 aliphatic carbocycles. The molecule has 1 unspecified atom stereocenters. The molecular formula is C23H25N3O4. The fraction of sp³-hybridized carbons (Fsp3) is 0.435. The second kappa shape index (κ2) is 8.82. The van der Waals surface area contributed by atoms with Gasteiger partial charge in [0, 0.05) is 25.0 Å². The second-order valence-electron chi connectivity index (χ2n) is 7.92. The minimum Gasteiger partial charge on any atom is -0.489 e. The van der Waals surface area contributed by atoms with Gasteiger partial charge >= 0.3 is 0 Å². The molecule has 2 aromatic rings. The molecule has 1 saturated heterocycles. The molecule has 2 aliphatic rings. The highest BCUT2D eigenvalue weighted by molar-refractivity contribution is 5.94. The van der Waals surface area contributed by atoms with E-state index in [0.717, 1.165) is 24.0 Å². The van der Waals surface area contributed by atoms with Gasteiger partial charge in [0.15, 0.2) is 0 Å². The van der Waals surface area contributed by atoms with E-state index in [1.165, 1.54) is 0 Å². The second-order valence-corrected chi connectivity index (χ2v) is 7.92. The minimum absolute atomic E-state index is 0.0228. The highest BCUT2D eigenvalue weighted by Crippen LogP contribution is 2.42. The van der Waals surface area contributed by atoms with E-state index in [1.807, 2.05) is 18.2 Å². The molecule has 1 aromatic heterocycles. The van der Waals surface area contributed by atoms with Crippen LogP contribution >= 0.6 is 0 Å². The Hall–Kier alpha value is -2.95. The molecule has 30 heavy (non-hydrogen) atoms. The summed E-state index contributed by atoms with van der Waals surface area (Å²) in [5.41, 5.74) is 2.16. The van der Waals surface area contributed by atoms with Gasteiger partial charge in [-0.1, -0.05) is 6.07 Å². The van der Waals surface area contributed by atoms with E-state index in [-0.39, 0.29) is 23.8 Å². The van der Waals surface area contributed by atoms with Crippen LogP contribution in [0.15, 0.2) is 36.5 Å². The number of anilines is 1. The molecule has 1 saturated carbocycles. The molecule has 7 heteroatoms. The summed E-state index contributed by atoms with van der Waals surface area (Å²) in [5, 5.41) is 22.0. The van der Waals surface area contributed by atoms with Gasteiger partial charge in [0.1, 0.15) is 23.7 Å². The number of aliphatic hydroxyl groups is 1. The van der Waals surface area contributed by atoms with Crippen molar-refractivity contribution in [2.24, 2.45) is 11.8 Å². The minimum atomic E-state index is -0.480. The Kier molecular flexibility index (Phi) is 5.98. The SMILES string of the molecule is CC(O)[C@@H]1C[C@H]1C(=O)Nc1cc(-c2ccc(OC3CCOCC3)c(C#N)c2)ccn1. The van der Waals surface area contributed by atoms with Crippen molar-refractivity contribution in [1.29, 1.82) is 5.26 Å². The Morgan fingerprint density at radius 2 is 2.07 bits per heavy atom. The van der Waals surface area contributed by atoms with Crippen LogP contribution in [0.25, 0.3) is 11.1 Å². The highest BCUT2D eigenvalue weighted by Gasteiger charge is 2.45. The Bertz CT molecular complexity index is 963. The van der Waals surface area contributed by atoms with Crippen molar-refractivity contribution in [2.45, 2.75) is 38.4 Å². The first kappa shape index (κ1) is 20.3. The zero-order chi connectivity index (χ0) is 21.1. The fourth-order valence-electron chi connectivity index (χ4n) is 3.82. The van der Waals surface area contributed by atoms with Crippen LogP contribution in [0.2, 0.25) is 0 Å².